The molecule has 88 valence electrons. The molecule has 0 aromatic heterocycles. The maximum atomic E-state index is 5.70. The van der Waals surface area contributed by atoms with E-state index in [0.717, 1.165) is 48.5 Å². The lowest BCUT2D eigenvalue weighted by Crippen LogP contribution is -2.09. The highest BCUT2D eigenvalue weighted by atomic mass is 79.9. The molecular formula is C12H15BrO2S. The molecule has 16 heavy (non-hydrogen) atoms. The quantitative estimate of drug-likeness (QED) is 0.468. The van der Waals surface area contributed by atoms with Gasteiger partial charge in [-0.1, -0.05) is 28.1 Å². The fraction of sp³-hybridized carbons (Fsp3) is 0.500. The number of halogens is 1. The zero-order valence-corrected chi connectivity index (χ0v) is 11.5. The number of ether oxygens (including phenoxy) is 1. The van der Waals surface area contributed by atoms with Crippen molar-refractivity contribution < 1.29 is 8.92 Å². The third-order valence-electron chi connectivity index (χ3n) is 2.41. The van der Waals surface area contributed by atoms with Crippen LogP contribution in [0, 0.1) is 0 Å². The van der Waals surface area contributed by atoms with Crippen molar-refractivity contribution in [2.75, 3.05) is 18.5 Å². The van der Waals surface area contributed by atoms with Gasteiger partial charge in [-0.2, -0.15) is 0 Å². The number of aryl methyl sites for hydroxylation is 1. The Labute approximate surface area is 109 Å². The Morgan fingerprint density at radius 3 is 3.25 bits per heavy atom. The van der Waals surface area contributed by atoms with Crippen molar-refractivity contribution in [1.29, 1.82) is 0 Å². The van der Waals surface area contributed by atoms with Gasteiger partial charge in [0, 0.05) is 17.4 Å². The summed E-state index contributed by atoms with van der Waals surface area (Å²) in [5.41, 5.74) is 1.31. The molecule has 0 spiro atoms. The van der Waals surface area contributed by atoms with Crippen LogP contribution < -0.4 is 4.74 Å². The first-order valence-corrected chi connectivity index (χ1v) is 7.38. The highest BCUT2D eigenvalue weighted by Gasteiger charge is 2.14. The SMILES string of the molecule is BrCCCOSc1cccc2c1OCCC2. The fourth-order valence-corrected chi connectivity index (χ4v) is 2.60. The number of alkyl halides is 1. The fourth-order valence-electron chi connectivity index (χ4n) is 1.64. The highest BCUT2D eigenvalue weighted by molar-refractivity contribution is 9.09. The molecule has 1 aliphatic heterocycles. The largest absolute Gasteiger partial charge is 0.492 e. The van der Waals surface area contributed by atoms with Gasteiger partial charge in [0.2, 0.25) is 0 Å². The second-order valence-corrected chi connectivity index (χ2v) is 5.28. The summed E-state index contributed by atoms with van der Waals surface area (Å²) < 4.78 is 11.2. The molecule has 0 radical (unpaired) electrons. The van der Waals surface area contributed by atoms with Crippen molar-refractivity contribution in [1.82, 2.24) is 0 Å². The maximum absolute atomic E-state index is 5.70. The molecule has 0 unspecified atom stereocenters. The molecule has 1 aromatic rings. The Balaban J connectivity index is 1.97. The van der Waals surface area contributed by atoms with Crippen molar-refractivity contribution in [3.63, 3.8) is 0 Å². The average Bonchev–Trinajstić information content (AvgIpc) is 2.35. The predicted octanol–water partition coefficient (Wildman–Crippen LogP) is 3.82. The molecule has 0 atom stereocenters. The number of hydrogen-bond donors (Lipinski definition) is 0. The molecule has 1 heterocycles. The first-order chi connectivity index (χ1) is 7.92. The minimum absolute atomic E-state index is 0.763. The van der Waals surface area contributed by atoms with E-state index in [1.807, 2.05) is 0 Å². The van der Waals surface area contributed by atoms with Crippen LogP contribution >= 0.6 is 28.0 Å². The van der Waals surface area contributed by atoms with E-state index >= 15 is 0 Å². The smallest absolute Gasteiger partial charge is 0.138 e. The topological polar surface area (TPSA) is 18.5 Å². The van der Waals surface area contributed by atoms with Crippen LogP contribution in [0.15, 0.2) is 23.1 Å². The van der Waals surface area contributed by atoms with E-state index in [1.165, 1.54) is 17.6 Å². The first kappa shape index (κ1) is 12.3. The van der Waals surface area contributed by atoms with E-state index < -0.39 is 0 Å². The van der Waals surface area contributed by atoms with Crippen LogP contribution in [-0.4, -0.2) is 18.5 Å². The lowest BCUT2D eigenvalue weighted by molar-refractivity contribution is 0.279. The van der Waals surface area contributed by atoms with Crippen molar-refractivity contribution in [2.24, 2.45) is 0 Å². The van der Waals surface area contributed by atoms with Crippen LogP contribution in [-0.2, 0) is 10.6 Å². The first-order valence-electron chi connectivity index (χ1n) is 5.52. The van der Waals surface area contributed by atoms with Crippen LogP contribution in [0.1, 0.15) is 18.4 Å². The summed E-state index contributed by atoms with van der Waals surface area (Å²) in [6.45, 7) is 1.59. The summed E-state index contributed by atoms with van der Waals surface area (Å²) in [6.07, 6.45) is 3.26. The summed E-state index contributed by atoms with van der Waals surface area (Å²) in [6, 6.07) is 6.27. The molecule has 0 saturated carbocycles. The molecule has 1 aliphatic rings. The van der Waals surface area contributed by atoms with Gasteiger partial charge in [0.05, 0.1) is 18.1 Å². The van der Waals surface area contributed by atoms with Crippen LogP contribution in [0.25, 0.3) is 0 Å². The summed E-state index contributed by atoms with van der Waals surface area (Å²) in [5.74, 6) is 1.03. The molecule has 0 amide bonds. The molecule has 2 rings (SSSR count). The number of benzene rings is 1. The molecule has 2 nitrogen and oxygen atoms in total. The highest BCUT2D eigenvalue weighted by Crippen LogP contribution is 2.35. The number of fused-ring (bicyclic) bond motifs is 1. The van der Waals surface area contributed by atoms with E-state index in [4.69, 9.17) is 8.92 Å². The van der Waals surface area contributed by atoms with E-state index in [0.29, 0.717) is 0 Å². The summed E-state index contributed by atoms with van der Waals surface area (Å²) in [7, 11) is 0. The molecular weight excluding hydrogens is 288 g/mol. The van der Waals surface area contributed by atoms with Gasteiger partial charge >= 0.3 is 0 Å². The van der Waals surface area contributed by atoms with Gasteiger partial charge in [0.15, 0.2) is 0 Å². The molecule has 4 heteroatoms. The third kappa shape index (κ3) is 3.15. The van der Waals surface area contributed by atoms with Crippen LogP contribution in [0.2, 0.25) is 0 Å². The second kappa shape index (κ2) is 6.52. The second-order valence-electron chi connectivity index (χ2n) is 3.64. The van der Waals surface area contributed by atoms with Crippen LogP contribution in [0.3, 0.4) is 0 Å². The summed E-state index contributed by atoms with van der Waals surface area (Å²) in [5, 5.41) is 0.983. The molecule has 1 aromatic carbocycles. The standard InChI is InChI=1S/C12H15BrO2S/c13-7-3-9-15-16-11-6-1-4-10-5-2-8-14-12(10)11/h1,4,6H,2-3,5,7-9H2. The summed E-state index contributed by atoms with van der Waals surface area (Å²) in [4.78, 5) is 1.10. The minimum Gasteiger partial charge on any atom is -0.492 e. The summed E-state index contributed by atoms with van der Waals surface area (Å²) >= 11 is 4.81. The Morgan fingerprint density at radius 2 is 2.38 bits per heavy atom. The number of para-hydroxylation sites is 1. The van der Waals surface area contributed by atoms with Crippen molar-refractivity contribution in [2.45, 2.75) is 24.2 Å². The zero-order valence-electron chi connectivity index (χ0n) is 9.08. The Kier molecular flexibility index (Phi) is 5.00. The van der Waals surface area contributed by atoms with E-state index in [1.54, 1.807) is 0 Å². The van der Waals surface area contributed by atoms with Gasteiger partial charge in [0.25, 0.3) is 0 Å². The average molecular weight is 303 g/mol. The van der Waals surface area contributed by atoms with Crippen LogP contribution in [0.4, 0.5) is 0 Å². The molecule has 0 aliphatic carbocycles. The lowest BCUT2D eigenvalue weighted by atomic mass is 10.1. The number of hydrogen-bond acceptors (Lipinski definition) is 3. The Hall–Kier alpha value is -0.190. The minimum atomic E-state index is 0.763. The van der Waals surface area contributed by atoms with Crippen LogP contribution in [0.5, 0.6) is 5.75 Å². The number of rotatable bonds is 5. The Morgan fingerprint density at radius 1 is 1.44 bits per heavy atom. The predicted molar refractivity (Wildman–Crippen MR) is 70.5 cm³/mol. The molecule has 0 N–H and O–H groups in total. The maximum Gasteiger partial charge on any atom is 0.138 e. The van der Waals surface area contributed by atoms with Gasteiger partial charge in [0.1, 0.15) is 5.75 Å². The van der Waals surface area contributed by atoms with Gasteiger partial charge < -0.3 is 8.92 Å². The van der Waals surface area contributed by atoms with Crippen molar-refractivity contribution in [3.8, 4) is 5.75 Å². The normalized spacial score (nSPS) is 14.3. The van der Waals surface area contributed by atoms with Gasteiger partial charge in [-0.15, -0.1) is 0 Å². The monoisotopic (exact) mass is 302 g/mol. The van der Waals surface area contributed by atoms with Gasteiger partial charge in [-0.05, 0) is 30.9 Å². The zero-order chi connectivity index (χ0) is 11.2. The van der Waals surface area contributed by atoms with Gasteiger partial charge in [-0.25, -0.2) is 0 Å². The van der Waals surface area contributed by atoms with E-state index in [9.17, 15) is 0 Å². The molecule has 0 saturated heterocycles. The Bertz CT molecular complexity index is 344. The van der Waals surface area contributed by atoms with Crippen molar-refractivity contribution in [3.05, 3.63) is 23.8 Å². The molecule has 0 fully saturated rings. The third-order valence-corrected chi connectivity index (χ3v) is 3.75. The van der Waals surface area contributed by atoms with E-state index in [-0.39, 0.29) is 0 Å². The van der Waals surface area contributed by atoms with Crippen molar-refractivity contribution >= 4 is 28.0 Å². The lowest BCUT2D eigenvalue weighted by Gasteiger charge is -2.19. The van der Waals surface area contributed by atoms with Gasteiger partial charge in [-0.3, -0.25) is 0 Å². The molecule has 0 bridgehead atoms. The van der Waals surface area contributed by atoms with E-state index in [2.05, 4.69) is 34.1 Å².